The summed E-state index contributed by atoms with van der Waals surface area (Å²) in [5.74, 6) is -4.13. The third-order valence-electron chi connectivity index (χ3n) is 8.70. The van der Waals surface area contributed by atoms with E-state index in [1.807, 2.05) is 23.7 Å². The number of halogens is 5. The Morgan fingerprint density at radius 3 is 2.60 bits per heavy atom. The van der Waals surface area contributed by atoms with E-state index < -0.39 is 47.9 Å². The Morgan fingerprint density at radius 2 is 1.95 bits per heavy atom. The van der Waals surface area contributed by atoms with Crippen LogP contribution < -0.4 is 4.90 Å². The fourth-order valence-electron chi connectivity index (χ4n) is 6.15. The number of carbonyl (C=O) groups excluding carboxylic acids is 1. The number of aromatic nitrogens is 3. The van der Waals surface area contributed by atoms with Gasteiger partial charge < -0.3 is 19.3 Å². The lowest BCUT2D eigenvalue weighted by molar-refractivity contribution is -0.138. The molecule has 4 heterocycles. The Balaban J connectivity index is 1.29. The van der Waals surface area contributed by atoms with Crippen LogP contribution in [0.5, 0.6) is 0 Å². The highest BCUT2D eigenvalue weighted by Crippen LogP contribution is 2.42. The fraction of sp³-hybridized carbons (Fsp3) is 0.483. The zero-order valence-corrected chi connectivity index (χ0v) is 22.9. The maximum Gasteiger partial charge on any atom is 0.416 e. The number of anilines is 1. The van der Waals surface area contributed by atoms with Crippen LogP contribution in [0.15, 0.2) is 42.7 Å². The minimum atomic E-state index is -4.72. The lowest BCUT2D eigenvalue weighted by atomic mass is 9.75. The Morgan fingerprint density at radius 1 is 1.17 bits per heavy atom. The minimum Gasteiger partial charge on any atom is -0.396 e. The average molecular weight is 592 g/mol. The maximum absolute atomic E-state index is 14.3. The Labute approximate surface area is 238 Å². The van der Waals surface area contributed by atoms with Crippen molar-refractivity contribution in [1.29, 1.82) is 0 Å². The number of fused-ring (bicyclic) bond motifs is 1. The molecule has 0 spiro atoms. The molecule has 42 heavy (non-hydrogen) atoms. The molecule has 2 aromatic carbocycles. The summed E-state index contributed by atoms with van der Waals surface area (Å²) in [6.45, 7) is -0.348. The first-order valence-corrected chi connectivity index (χ1v) is 13.7. The van der Waals surface area contributed by atoms with E-state index in [9.17, 15) is 31.9 Å². The molecule has 2 fully saturated rings. The molecule has 1 atom stereocenters. The molecule has 0 aliphatic carbocycles. The number of aliphatic hydroxyl groups is 1. The van der Waals surface area contributed by atoms with E-state index in [2.05, 4.69) is 10.2 Å². The zero-order valence-electron chi connectivity index (χ0n) is 22.9. The molecule has 1 aromatic heterocycles. The van der Waals surface area contributed by atoms with E-state index in [0.717, 1.165) is 17.5 Å². The second kappa shape index (κ2) is 10.4. The number of piperidine rings is 1. The van der Waals surface area contributed by atoms with Crippen LogP contribution in [0.3, 0.4) is 0 Å². The molecule has 0 unspecified atom stereocenters. The standard InChI is InChI=1S/C29H30F5N5O3/c1-37-17-35-36-25(37)10-27(15-42-16-27)19-3-2-4-21(9-19)39-13-23-22(26(39)41)7-18(8-24(23)29(32,33)34)11-38-6-5-28(30,31)20(12-38)14-40/h2-4,7-9,17,20,40H,5-6,10-16H2,1H3/t20-/m0/s1. The summed E-state index contributed by atoms with van der Waals surface area (Å²) in [6, 6.07) is 9.65. The Bertz CT molecular complexity index is 1500. The number of benzene rings is 2. The second-order valence-corrected chi connectivity index (χ2v) is 11.5. The van der Waals surface area contributed by atoms with Crippen molar-refractivity contribution >= 4 is 11.6 Å². The largest absolute Gasteiger partial charge is 0.416 e. The van der Waals surface area contributed by atoms with Gasteiger partial charge in [0.15, 0.2) is 0 Å². The van der Waals surface area contributed by atoms with Crippen molar-refractivity contribution in [3.05, 3.63) is 76.4 Å². The predicted octanol–water partition coefficient (Wildman–Crippen LogP) is 3.95. The van der Waals surface area contributed by atoms with Crippen molar-refractivity contribution in [2.75, 3.05) is 37.8 Å². The summed E-state index contributed by atoms with van der Waals surface area (Å²) in [4.78, 5) is 16.6. The third kappa shape index (κ3) is 5.07. The van der Waals surface area contributed by atoms with Crippen molar-refractivity contribution in [3.63, 3.8) is 0 Å². The van der Waals surface area contributed by atoms with Crippen LogP contribution in [-0.4, -0.2) is 69.5 Å². The van der Waals surface area contributed by atoms with Gasteiger partial charge in [0.25, 0.3) is 11.8 Å². The number of carbonyl (C=O) groups is 1. The van der Waals surface area contributed by atoms with Crippen LogP contribution in [0.1, 0.15) is 44.9 Å². The van der Waals surface area contributed by atoms with Crippen molar-refractivity contribution in [2.45, 2.75) is 43.4 Å². The molecule has 3 aliphatic rings. The van der Waals surface area contributed by atoms with Gasteiger partial charge in [0, 0.05) is 56.2 Å². The first kappa shape index (κ1) is 28.7. The van der Waals surface area contributed by atoms with Gasteiger partial charge >= 0.3 is 6.18 Å². The van der Waals surface area contributed by atoms with Gasteiger partial charge in [-0.25, -0.2) is 8.78 Å². The average Bonchev–Trinajstić information content (AvgIpc) is 3.48. The third-order valence-corrected chi connectivity index (χ3v) is 8.70. The normalized spacial score (nSPS) is 21.8. The predicted molar refractivity (Wildman–Crippen MR) is 141 cm³/mol. The molecule has 3 aliphatic heterocycles. The number of aliphatic hydroxyl groups excluding tert-OH is 1. The number of aryl methyl sites for hydroxylation is 1. The molecule has 1 amide bonds. The lowest BCUT2D eigenvalue weighted by Crippen LogP contribution is -2.49. The molecule has 0 saturated carbocycles. The molecular formula is C29H30F5N5O3. The topological polar surface area (TPSA) is 83.7 Å². The van der Waals surface area contributed by atoms with Crippen LogP contribution in [0.25, 0.3) is 0 Å². The van der Waals surface area contributed by atoms with Gasteiger partial charge in [0.05, 0.1) is 37.8 Å². The maximum atomic E-state index is 14.3. The van der Waals surface area contributed by atoms with Crippen LogP contribution in [0, 0.1) is 5.92 Å². The molecule has 224 valence electrons. The molecule has 2 saturated heterocycles. The summed E-state index contributed by atoms with van der Waals surface area (Å²) >= 11 is 0. The van der Waals surface area contributed by atoms with Crippen LogP contribution in [0.2, 0.25) is 0 Å². The number of amides is 1. The van der Waals surface area contributed by atoms with Gasteiger partial charge in [-0.2, -0.15) is 13.2 Å². The van der Waals surface area contributed by atoms with E-state index in [0.29, 0.717) is 25.3 Å². The van der Waals surface area contributed by atoms with Crippen LogP contribution in [0.4, 0.5) is 27.6 Å². The van der Waals surface area contributed by atoms with Gasteiger partial charge in [0.2, 0.25) is 0 Å². The van der Waals surface area contributed by atoms with Gasteiger partial charge in [-0.15, -0.1) is 10.2 Å². The van der Waals surface area contributed by atoms with Crippen molar-refractivity contribution in [1.82, 2.24) is 19.7 Å². The van der Waals surface area contributed by atoms with E-state index in [4.69, 9.17) is 4.74 Å². The second-order valence-electron chi connectivity index (χ2n) is 11.5. The monoisotopic (exact) mass is 591 g/mol. The van der Waals surface area contributed by atoms with Crippen molar-refractivity contribution < 1.29 is 36.6 Å². The molecule has 13 heteroatoms. The van der Waals surface area contributed by atoms with E-state index >= 15 is 0 Å². The summed E-state index contributed by atoms with van der Waals surface area (Å²) in [6.07, 6.45) is -3.06. The van der Waals surface area contributed by atoms with Crippen LogP contribution >= 0.6 is 0 Å². The van der Waals surface area contributed by atoms with Crippen LogP contribution in [-0.2, 0) is 42.9 Å². The highest BCUT2D eigenvalue weighted by Gasteiger charge is 2.45. The number of rotatable bonds is 7. The van der Waals surface area contributed by atoms with Crippen molar-refractivity contribution in [3.8, 4) is 0 Å². The molecule has 1 N–H and O–H groups in total. The number of hydrogen-bond acceptors (Lipinski definition) is 6. The number of alkyl halides is 5. The summed E-state index contributed by atoms with van der Waals surface area (Å²) in [5.41, 5.74) is 0.0870. The SMILES string of the molecule is Cn1cnnc1CC1(c2cccc(N3Cc4c(cc(CN5CCC(F)(F)[C@H](CO)C5)cc4C(F)(F)F)C3=O)c2)COC1. The summed E-state index contributed by atoms with van der Waals surface area (Å²) in [5, 5.41) is 17.5. The first-order valence-electron chi connectivity index (χ1n) is 13.7. The van der Waals surface area contributed by atoms with E-state index in [1.54, 1.807) is 23.4 Å². The highest BCUT2D eigenvalue weighted by atomic mass is 19.4. The van der Waals surface area contributed by atoms with Crippen molar-refractivity contribution in [2.24, 2.45) is 13.0 Å². The molecule has 0 bridgehead atoms. The number of hydrogen-bond donors (Lipinski definition) is 1. The molecular weight excluding hydrogens is 561 g/mol. The Kier molecular flexibility index (Phi) is 7.09. The molecule has 0 radical (unpaired) electrons. The fourth-order valence-corrected chi connectivity index (χ4v) is 6.15. The quantitative estimate of drug-likeness (QED) is 0.419. The minimum absolute atomic E-state index is 0.0331. The molecule has 8 nitrogen and oxygen atoms in total. The number of ether oxygens (including phenoxy) is 1. The van der Waals surface area contributed by atoms with Gasteiger partial charge in [-0.3, -0.25) is 9.69 Å². The number of likely N-dealkylation sites (tertiary alicyclic amines) is 1. The number of nitrogens with zero attached hydrogens (tertiary/aromatic N) is 5. The summed E-state index contributed by atoms with van der Waals surface area (Å²) < 4.78 is 78.3. The smallest absolute Gasteiger partial charge is 0.396 e. The zero-order chi connectivity index (χ0) is 29.9. The van der Waals surface area contributed by atoms with Gasteiger partial charge in [-0.05, 0) is 41.0 Å². The Hall–Kier alpha value is -3.42. The van der Waals surface area contributed by atoms with E-state index in [1.165, 1.54) is 11.0 Å². The lowest BCUT2D eigenvalue weighted by Gasteiger charge is -2.42. The summed E-state index contributed by atoms with van der Waals surface area (Å²) in [7, 11) is 1.84. The molecule has 6 rings (SSSR count). The highest BCUT2D eigenvalue weighted by molar-refractivity contribution is 6.10. The molecule has 3 aromatic rings. The first-order chi connectivity index (χ1) is 19.9. The van der Waals surface area contributed by atoms with Gasteiger partial charge in [-0.1, -0.05) is 12.1 Å². The van der Waals surface area contributed by atoms with E-state index in [-0.39, 0.29) is 42.9 Å². The van der Waals surface area contributed by atoms with Gasteiger partial charge in [0.1, 0.15) is 12.2 Å².